The van der Waals surface area contributed by atoms with Crippen molar-refractivity contribution in [2.75, 3.05) is 18.0 Å². The summed E-state index contributed by atoms with van der Waals surface area (Å²) in [6, 6.07) is 1.55. The number of nitrogens with two attached hydrogens (primary N) is 2. The van der Waals surface area contributed by atoms with Crippen molar-refractivity contribution in [1.82, 2.24) is 9.97 Å². The Labute approximate surface area is 112 Å². The minimum Gasteiger partial charge on any atom is -0.368 e. The summed E-state index contributed by atoms with van der Waals surface area (Å²) < 4.78 is 0. The molecule has 1 saturated heterocycles. The molecule has 1 fully saturated rings. The fourth-order valence-electron chi connectivity index (χ4n) is 1.57. The molecule has 0 radical (unpaired) electrons. The minimum absolute atomic E-state index is 0.435. The molecule has 7 nitrogen and oxygen atoms in total. The summed E-state index contributed by atoms with van der Waals surface area (Å²) in [6.07, 6.45) is 5.55. The first-order valence-corrected chi connectivity index (χ1v) is 6.07. The lowest BCUT2D eigenvalue weighted by Crippen LogP contribution is -2.32. The number of carbonyl (C=O) groups excluding carboxylic acids is 1. The van der Waals surface area contributed by atoms with Gasteiger partial charge in [-0.25, -0.2) is 9.97 Å². The summed E-state index contributed by atoms with van der Waals surface area (Å²) in [5, 5.41) is 8.80. The number of nitriles is 1. The Morgan fingerprint density at radius 3 is 2.42 bits per heavy atom. The molecule has 1 amide bonds. The second-order valence-electron chi connectivity index (χ2n) is 4.23. The van der Waals surface area contributed by atoms with Gasteiger partial charge < -0.3 is 16.4 Å². The maximum Gasteiger partial charge on any atom is 0.234 e. The van der Waals surface area contributed by atoms with Crippen molar-refractivity contribution >= 4 is 11.7 Å². The number of anilines is 1. The molecule has 1 aliphatic rings. The van der Waals surface area contributed by atoms with Gasteiger partial charge in [-0.2, -0.15) is 5.26 Å². The van der Waals surface area contributed by atoms with E-state index in [4.69, 9.17) is 11.0 Å². The number of hydrogen-bond acceptors (Lipinski definition) is 6. The standard InChI is InChI=1S/C9H10N4.C3H8N2O/c10-7-8-9(12-4-3-11-8)13-5-1-2-6-13;1-2(4)3(5)6/h3-4H,1-2,5-6H2;2H,4H2,1H3,(H2,5,6). The maximum absolute atomic E-state index is 9.80. The molecule has 1 aliphatic heterocycles. The zero-order valence-corrected chi connectivity index (χ0v) is 10.9. The van der Waals surface area contributed by atoms with Crippen LogP contribution in [-0.2, 0) is 4.79 Å². The molecule has 0 aliphatic carbocycles. The summed E-state index contributed by atoms with van der Waals surface area (Å²) in [4.78, 5) is 20.1. The SMILES string of the molecule is CC(N)C(N)=O.N#Cc1nccnc1N1CCCC1. The molecule has 1 aromatic heterocycles. The van der Waals surface area contributed by atoms with E-state index in [0.717, 1.165) is 18.9 Å². The zero-order chi connectivity index (χ0) is 14.3. The van der Waals surface area contributed by atoms with E-state index in [1.54, 1.807) is 19.3 Å². The monoisotopic (exact) mass is 262 g/mol. The molecule has 0 aromatic carbocycles. The summed E-state index contributed by atoms with van der Waals surface area (Å²) in [5.74, 6) is 0.275. The third kappa shape index (κ3) is 4.52. The van der Waals surface area contributed by atoms with Crippen LogP contribution in [0.15, 0.2) is 12.4 Å². The molecular formula is C12H18N6O. The van der Waals surface area contributed by atoms with Crippen LogP contribution >= 0.6 is 0 Å². The Hall–Kier alpha value is -2.20. The fourth-order valence-corrected chi connectivity index (χ4v) is 1.57. The Bertz CT molecular complexity index is 462. The number of nitrogens with zero attached hydrogens (tertiary/aromatic N) is 4. The first-order chi connectivity index (χ1) is 9.06. The van der Waals surface area contributed by atoms with Gasteiger partial charge in [-0.05, 0) is 19.8 Å². The minimum atomic E-state index is -0.509. The number of carbonyl (C=O) groups is 1. The first kappa shape index (κ1) is 14.9. The molecule has 7 heteroatoms. The van der Waals surface area contributed by atoms with E-state index in [0.29, 0.717) is 5.69 Å². The van der Waals surface area contributed by atoms with Gasteiger partial charge in [-0.3, -0.25) is 4.79 Å². The van der Waals surface area contributed by atoms with Crippen molar-refractivity contribution in [1.29, 1.82) is 5.26 Å². The average Bonchev–Trinajstić information content (AvgIpc) is 2.93. The van der Waals surface area contributed by atoms with Crippen LogP contribution < -0.4 is 16.4 Å². The Morgan fingerprint density at radius 1 is 1.42 bits per heavy atom. The molecule has 4 N–H and O–H groups in total. The van der Waals surface area contributed by atoms with Crippen LogP contribution in [0.2, 0.25) is 0 Å². The molecule has 1 aromatic rings. The topological polar surface area (TPSA) is 122 Å². The van der Waals surface area contributed by atoms with Crippen molar-refractivity contribution in [2.24, 2.45) is 11.5 Å². The van der Waals surface area contributed by atoms with Gasteiger partial charge in [-0.15, -0.1) is 0 Å². The highest BCUT2D eigenvalue weighted by Crippen LogP contribution is 2.19. The van der Waals surface area contributed by atoms with E-state index in [2.05, 4.69) is 26.7 Å². The normalized spacial score (nSPS) is 15.1. The molecule has 0 spiro atoms. The number of aromatic nitrogens is 2. The van der Waals surface area contributed by atoms with E-state index in [1.165, 1.54) is 12.8 Å². The van der Waals surface area contributed by atoms with Gasteiger partial charge in [0.2, 0.25) is 5.91 Å². The van der Waals surface area contributed by atoms with Crippen LogP contribution in [0.5, 0.6) is 0 Å². The van der Waals surface area contributed by atoms with Gasteiger partial charge in [0.15, 0.2) is 11.5 Å². The van der Waals surface area contributed by atoms with Gasteiger partial charge >= 0.3 is 0 Å². The third-order valence-corrected chi connectivity index (χ3v) is 2.64. The average molecular weight is 262 g/mol. The highest BCUT2D eigenvalue weighted by Gasteiger charge is 2.16. The van der Waals surface area contributed by atoms with Crippen molar-refractivity contribution < 1.29 is 4.79 Å². The van der Waals surface area contributed by atoms with E-state index < -0.39 is 11.9 Å². The second kappa shape index (κ2) is 7.28. The lowest BCUT2D eigenvalue weighted by atomic mass is 10.4. The molecule has 2 rings (SSSR count). The lowest BCUT2D eigenvalue weighted by Gasteiger charge is -2.15. The van der Waals surface area contributed by atoms with E-state index in [9.17, 15) is 4.79 Å². The van der Waals surface area contributed by atoms with Crippen LogP contribution in [0.4, 0.5) is 5.82 Å². The molecule has 2 heterocycles. The van der Waals surface area contributed by atoms with Crippen molar-refractivity contribution in [3.8, 4) is 6.07 Å². The summed E-state index contributed by atoms with van der Waals surface area (Å²) in [6.45, 7) is 3.53. The Balaban J connectivity index is 0.000000258. The van der Waals surface area contributed by atoms with E-state index in [-0.39, 0.29) is 0 Å². The summed E-state index contributed by atoms with van der Waals surface area (Å²) in [7, 11) is 0. The van der Waals surface area contributed by atoms with Gasteiger partial charge in [0.1, 0.15) is 6.07 Å². The van der Waals surface area contributed by atoms with Crippen molar-refractivity contribution in [3.05, 3.63) is 18.1 Å². The fraction of sp³-hybridized carbons (Fsp3) is 0.500. The van der Waals surface area contributed by atoms with Gasteiger partial charge in [0.05, 0.1) is 6.04 Å². The maximum atomic E-state index is 9.80. The van der Waals surface area contributed by atoms with E-state index >= 15 is 0 Å². The largest absolute Gasteiger partial charge is 0.368 e. The highest BCUT2D eigenvalue weighted by atomic mass is 16.1. The smallest absolute Gasteiger partial charge is 0.234 e. The molecule has 0 bridgehead atoms. The highest BCUT2D eigenvalue weighted by molar-refractivity contribution is 5.78. The van der Waals surface area contributed by atoms with Gasteiger partial charge in [0.25, 0.3) is 0 Å². The first-order valence-electron chi connectivity index (χ1n) is 6.07. The molecule has 19 heavy (non-hydrogen) atoms. The van der Waals surface area contributed by atoms with Crippen LogP contribution in [0.3, 0.4) is 0 Å². The molecular weight excluding hydrogens is 244 g/mol. The third-order valence-electron chi connectivity index (χ3n) is 2.64. The molecule has 102 valence electrons. The van der Waals surface area contributed by atoms with Crippen LogP contribution in [0.25, 0.3) is 0 Å². The predicted octanol–water partition coefficient (Wildman–Crippen LogP) is -0.233. The van der Waals surface area contributed by atoms with Crippen LogP contribution in [-0.4, -0.2) is 35.0 Å². The number of amides is 1. The number of rotatable bonds is 2. The molecule has 1 atom stereocenters. The lowest BCUT2D eigenvalue weighted by molar-refractivity contribution is -0.118. The van der Waals surface area contributed by atoms with Crippen molar-refractivity contribution in [2.45, 2.75) is 25.8 Å². The zero-order valence-electron chi connectivity index (χ0n) is 10.9. The van der Waals surface area contributed by atoms with Crippen LogP contribution in [0.1, 0.15) is 25.5 Å². The molecule has 0 saturated carbocycles. The van der Waals surface area contributed by atoms with Crippen molar-refractivity contribution in [3.63, 3.8) is 0 Å². The predicted molar refractivity (Wildman–Crippen MR) is 71.0 cm³/mol. The number of primary amides is 1. The number of hydrogen-bond donors (Lipinski definition) is 2. The second-order valence-corrected chi connectivity index (χ2v) is 4.23. The van der Waals surface area contributed by atoms with E-state index in [1.807, 2.05) is 0 Å². The Morgan fingerprint density at radius 2 is 1.95 bits per heavy atom. The van der Waals surface area contributed by atoms with Gasteiger partial charge in [-0.1, -0.05) is 0 Å². The molecule has 1 unspecified atom stereocenters. The summed E-state index contributed by atoms with van der Waals surface area (Å²) in [5.41, 5.74) is 10.1. The summed E-state index contributed by atoms with van der Waals surface area (Å²) >= 11 is 0. The Kier molecular flexibility index (Phi) is 5.70. The van der Waals surface area contributed by atoms with Crippen LogP contribution in [0, 0.1) is 11.3 Å². The van der Waals surface area contributed by atoms with Gasteiger partial charge in [0, 0.05) is 25.5 Å². The quantitative estimate of drug-likeness (QED) is 0.759.